The van der Waals surface area contributed by atoms with E-state index in [9.17, 15) is 0 Å². The van der Waals surface area contributed by atoms with Crippen molar-refractivity contribution in [2.75, 3.05) is 19.6 Å². The highest BCUT2D eigenvalue weighted by Gasteiger charge is 2.33. The van der Waals surface area contributed by atoms with Crippen molar-refractivity contribution in [1.29, 1.82) is 0 Å². The fourth-order valence-corrected chi connectivity index (χ4v) is 13.8. The molecule has 466 valence electrons. The minimum atomic E-state index is -0.0591. The molecule has 12 aromatic rings. The van der Waals surface area contributed by atoms with Crippen molar-refractivity contribution in [2.45, 2.75) is 160 Å². The molecule has 8 nitrogen and oxygen atoms in total. The van der Waals surface area contributed by atoms with Gasteiger partial charge in [-0.25, -0.2) is 0 Å². The van der Waals surface area contributed by atoms with E-state index in [4.69, 9.17) is 19.9 Å². The average Bonchev–Trinajstić information content (AvgIpc) is 0.699. The number of pyridine rings is 4. The van der Waals surface area contributed by atoms with Crippen molar-refractivity contribution in [3.8, 4) is 0 Å². The Balaban J connectivity index is 1.33. The van der Waals surface area contributed by atoms with Crippen LogP contribution < -0.4 is 19.6 Å². The van der Waals surface area contributed by atoms with Crippen LogP contribution in [0, 0.1) is 55.4 Å². The standard InChI is InChI=1S/C84H90N8/c1-51-43-85-44-52(2)77(51)89(63-29-21-59(22-30-63)81(9,10)11)71-41-72(90(78-53(3)45-86-46-54(78)4)64-31-23-60(24-32-64)82(12,13)14)68-39-40-70-74(92(80-57(7)49-88-50-58(80)8)66-35-27-62(28-36-66)84(18,19)20)42-73(69-38-37-67(71)75(68)76(69)70)91(79-55(5)47-87-48-56(79)6)65-33-25-61(26-34-65)83(15,16)17/h21-50H,1-20H3. The summed E-state index contributed by atoms with van der Waals surface area (Å²) in [5.41, 5.74) is 26.2. The number of aryl methyl sites for hydroxylation is 8. The Morgan fingerprint density at radius 1 is 0.228 bits per heavy atom. The van der Waals surface area contributed by atoms with Gasteiger partial charge in [0.15, 0.2) is 0 Å². The number of hydrogen-bond acceptors (Lipinski definition) is 8. The highest BCUT2D eigenvalue weighted by atomic mass is 15.2. The maximum atomic E-state index is 4.81. The van der Waals surface area contributed by atoms with Gasteiger partial charge in [-0.1, -0.05) is 156 Å². The smallest absolute Gasteiger partial charge is 0.0561 e. The molecule has 92 heavy (non-hydrogen) atoms. The highest BCUT2D eigenvalue weighted by Crippen LogP contribution is 2.57. The number of anilines is 12. The molecular weight excluding hydrogens is 1120 g/mol. The largest absolute Gasteiger partial charge is 0.309 e. The van der Waals surface area contributed by atoms with Crippen LogP contribution in [0.4, 0.5) is 68.2 Å². The zero-order valence-corrected chi connectivity index (χ0v) is 57.9. The van der Waals surface area contributed by atoms with Crippen LogP contribution in [0.5, 0.6) is 0 Å². The highest BCUT2D eigenvalue weighted by molar-refractivity contribution is 6.33. The van der Waals surface area contributed by atoms with Crippen LogP contribution >= 0.6 is 0 Å². The lowest BCUT2D eigenvalue weighted by molar-refractivity contribution is 0.590. The third kappa shape index (κ3) is 11.3. The number of benzene rings is 8. The molecule has 8 heteroatoms. The lowest BCUT2D eigenvalue weighted by Gasteiger charge is -2.36. The quantitative estimate of drug-likeness (QED) is 0.112. The average molecular weight is 1210 g/mol. The van der Waals surface area contributed by atoms with Gasteiger partial charge < -0.3 is 19.6 Å². The van der Waals surface area contributed by atoms with Crippen LogP contribution in [0.15, 0.2) is 183 Å². The molecule has 0 aliphatic rings. The van der Waals surface area contributed by atoms with Crippen molar-refractivity contribution in [2.24, 2.45) is 0 Å². The summed E-state index contributed by atoms with van der Waals surface area (Å²) in [6.45, 7) is 45.1. The number of nitrogens with zero attached hydrogens (tertiary/aromatic N) is 8. The van der Waals surface area contributed by atoms with Gasteiger partial charge in [-0.2, -0.15) is 0 Å². The maximum absolute atomic E-state index is 4.81. The van der Waals surface area contributed by atoms with Gasteiger partial charge in [0.25, 0.3) is 0 Å². The second kappa shape index (κ2) is 23.4. The molecule has 0 saturated carbocycles. The number of hydrogen-bond donors (Lipinski definition) is 0. The van der Waals surface area contributed by atoms with E-state index < -0.39 is 0 Å². The van der Waals surface area contributed by atoms with E-state index in [1.807, 2.05) is 49.6 Å². The molecule has 4 aromatic heterocycles. The first-order chi connectivity index (χ1) is 43.5. The fourth-order valence-electron chi connectivity index (χ4n) is 13.8. The van der Waals surface area contributed by atoms with Crippen molar-refractivity contribution in [3.63, 3.8) is 0 Å². The molecule has 0 fully saturated rings. The van der Waals surface area contributed by atoms with Crippen LogP contribution in [-0.2, 0) is 21.7 Å². The second-order valence-electron chi connectivity index (χ2n) is 29.9. The summed E-state index contributed by atoms with van der Waals surface area (Å²) in [5.74, 6) is 0. The van der Waals surface area contributed by atoms with Crippen LogP contribution in [0.25, 0.3) is 32.3 Å². The number of rotatable bonds is 12. The molecule has 0 aliphatic carbocycles. The molecule has 0 amide bonds. The molecule has 0 unspecified atom stereocenters. The summed E-state index contributed by atoms with van der Waals surface area (Å²) in [6, 6.07) is 51.6. The summed E-state index contributed by atoms with van der Waals surface area (Å²) in [4.78, 5) is 29.3. The van der Waals surface area contributed by atoms with Gasteiger partial charge in [-0.15, -0.1) is 0 Å². The molecule has 0 saturated heterocycles. The normalized spacial score (nSPS) is 12.3. The molecule has 8 aromatic carbocycles. The zero-order chi connectivity index (χ0) is 65.7. The molecule has 0 spiro atoms. The lowest BCUT2D eigenvalue weighted by Crippen LogP contribution is -2.19. The Morgan fingerprint density at radius 2 is 0.391 bits per heavy atom. The Kier molecular flexibility index (Phi) is 15.9. The second-order valence-corrected chi connectivity index (χ2v) is 29.9. The number of aromatic nitrogens is 4. The predicted molar refractivity (Wildman–Crippen MR) is 393 cm³/mol. The third-order valence-corrected chi connectivity index (χ3v) is 18.8. The van der Waals surface area contributed by atoms with Crippen LogP contribution in [0.3, 0.4) is 0 Å². The van der Waals surface area contributed by atoms with Gasteiger partial charge in [0.2, 0.25) is 0 Å². The first kappa shape index (κ1) is 62.8. The van der Waals surface area contributed by atoms with E-state index in [0.717, 1.165) is 145 Å². The van der Waals surface area contributed by atoms with Gasteiger partial charge in [0.05, 0.1) is 45.5 Å². The minimum absolute atomic E-state index is 0.0591. The van der Waals surface area contributed by atoms with Gasteiger partial charge in [0.1, 0.15) is 0 Å². The predicted octanol–water partition coefficient (Wildman–Crippen LogP) is 23.7. The lowest BCUT2D eigenvalue weighted by atomic mass is 9.86. The molecular formula is C84H90N8. The summed E-state index contributed by atoms with van der Waals surface area (Å²) >= 11 is 0. The van der Waals surface area contributed by atoms with E-state index >= 15 is 0 Å². The van der Waals surface area contributed by atoms with Crippen molar-refractivity contribution < 1.29 is 0 Å². The Bertz CT molecular complexity index is 4060. The van der Waals surface area contributed by atoms with Gasteiger partial charge in [0, 0.05) is 105 Å². The van der Waals surface area contributed by atoms with E-state index in [2.05, 4.69) is 292 Å². The van der Waals surface area contributed by atoms with Crippen molar-refractivity contribution in [1.82, 2.24) is 19.9 Å². The summed E-state index contributed by atoms with van der Waals surface area (Å²) < 4.78 is 0. The van der Waals surface area contributed by atoms with E-state index in [0.29, 0.717) is 0 Å². The molecule has 0 bridgehead atoms. The monoisotopic (exact) mass is 1210 g/mol. The van der Waals surface area contributed by atoms with Gasteiger partial charge in [-0.3, -0.25) is 19.9 Å². The zero-order valence-electron chi connectivity index (χ0n) is 57.9. The summed E-state index contributed by atoms with van der Waals surface area (Å²) in [7, 11) is 0. The van der Waals surface area contributed by atoms with Crippen LogP contribution in [0.1, 0.15) is 150 Å². The van der Waals surface area contributed by atoms with Crippen molar-refractivity contribution >= 4 is 101 Å². The molecule has 0 radical (unpaired) electrons. The van der Waals surface area contributed by atoms with Gasteiger partial charge in [-0.05, 0) is 204 Å². The van der Waals surface area contributed by atoms with E-state index in [1.165, 1.54) is 22.3 Å². The topological polar surface area (TPSA) is 64.5 Å². The molecule has 0 aliphatic heterocycles. The van der Waals surface area contributed by atoms with Gasteiger partial charge >= 0.3 is 0 Å². The third-order valence-electron chi connectivity index (χ3n) is 18.8. The summed E-state index contributed by atoms with van der Waals surface area (Å²) in [5, 5.41) is 6.74. The van der Waals surface area contributed by atoms with Crippen LogP contribution in [-0.4, -0.2) is 19.9 Å². The first-order valence-electron chi connectivity index (χ1n) is 32.6. The molecule has 4 heterocycles. The Hall–Kier alpha value is -9.40. The fraction of sp³-hybridized carbons (Fsp3) is 0.286. The molecule has 0 atom stereocenters. The van der Waals surface area contributed by atoms with Crippen LogP contribution in [0.2, 0.25) is 0 Å². The molecule has 12 rings (SSSR count). The summed E-state index contributed by atoms with van der Waals surface area (Å²) in [6.07, 6.45) is 16.1. The first-order valence-corrected chi connectivity index (χ1v) is 32.6. The Morgan fingerprint density at radius 3 is 0.543 bits per heavy atom. The maximum Gasteiger partial charge on any atom is 0.0561 e. The Labute approximate surface area is 547 Å². The van der Waals surface area contributed by atoms with E-state index in [-0.39, 0.29) is 21.7 Å². The SMILES string of the molecule is Cc1cncc(C)c1N(c1ccc(C(C)(C)C)cc1)c1cc(N(c2ccc(C(C)(C)C)cc2)c2c(C)cncc2C)c2ccc3c(N(c4ccc(C(C)(C)C)cc4)c4c(C)cncc4C)cc(N(c4ccc(C(C)(C)C)cc4)c4c(C)cncc4C)c4ccc1c2c43. The molecule has 0 N–H and O–H groups in total. The van der Waals surface area contributed by atoms with E-state index in [1.54, 1.807) is 0 Å². The van der Waals surface area contributed by atoms with Crippen molar-refractivity contribution in [3.05, 3.63) is 250 Å². The minimum Gasteiger partial charge on any atom is -0.309 e.